The normalized spacial score (nSPS) is 18.0. The number of nitrogens with one attached hydrogen (secondary N) is 2. The minimum absolute atomic E-state index is 0.0605. The molecule has 2 N–H and O–H groups in total. The van der Waals surface area contributed by atoms with Gasteiger partial charge < -0.3 is 10.3 Å². The molecule has 2 aromatic rings. The molecular formula is C19H20ClN7O. The SMILES string of the molecule is CCNC(=O)C1=NC=CC2NN(Cc3cnc(-n4cc(Cl)cn4)c(C)c3)C=C12. The predicted octanol–water partition coefficient (Wildman–Crippen LogP) is 1.91. The van der Waals surface area contributed by atoms with Gasteiger partial charge >= 0.3 is 0 Å². The number of aryl methyl sites for hydroxylation is 1. The summed E-state index contributed by atoms with van der Waals surface area (Å²) in [5.41, 5.74) is 6.70. The number of aliphatic imine (C=N–C) groups is 1. The summed E-state index contributed by atoms with van der Waals surface area (Å²) in [7, 11) is 0. The van der Waals surface area contributed by atoms with Crippen molar-refractivity contribution in [2.45, 2.75) is 26.4 Å². The van der Waals surface area contributed by atoms with Gasteiger partial charge in [0.15, 0.2) is 5.82 Å². The summed E-state index contributed by atoms with van der Waals surface area (Å²) in [6, 6.07) is 2.00. The number of carbonyl (C=O) groups is 1. The van der Waals surface area contributed by atoms with E-state index in [0.717, 1.165) is 22.5 Å². The van der Waals surface area contributed by atoms with Crippen molar-refractivity contribution in [3.8, 4) is 5.82 Å². The number of carbonyl (C=O) groups excluding carboxylic acids is 1. The first-order chi connectivity index (χ1) is 13.5. The van der Waals surface area contributed by atoms with Crippen LogP contribution in [0.5, 0.6) is 0 Å². The molecule has 1 unspecified atom stereocenters. The van der Waals surface area contributed by atoms with Gasteiger partial charge in [0.2, 0.25) is 0 Å². The van der Waals surface area contributed by atoms with E-state index in [0.29, 0.717) is 23.8 Å². The zero-order valence-electron chi connectivity index (χ0n) is 15.6. The fourth-order valence-electron chi connectivity index (χ4n) is 3.26. The molecule has 0 aliphatic carbocycles. The fourth-order valence-corrected chi connectivity index (χ4v) is 3.39. The average Bonchev–Trinajstić information content (AvgIpc) is 3.27. The molecule has 2 aromatic heterocycles. The highest BCUT2D eigenvalue weighted by Crippen LogP contribution is 2.22. The van der Waals surface area contributed by atoms with E-state index < -0.39 is 0 Å². The summed E-state index contributed by atoms with van der Waals surface area (Å²) in [6.07, 6.45) is 10.6. The largest absolute Gasteiger partial charge is 0.351 e. The molecule has 28 heavy (non-hydrogen) atoms. The van der Waals surface area contributed by atoms with Gasteiger partial charge in [-0.25, -0.2) is 15.1 Å². The van der Waals surface area contributed by atoms with E-state index in [-0.39, 0.29) is 11.9 Å². The average molecular weight is 398 g/mol. The van der Waals surface area contributed by atoms with Crippen molar-refractivity contribution in [1.29, 1.82) is 0 Å². The van der Waals surface area contributed by atoms with Crippen molar-refractivity contribution in [1.82, 2.24) is 30.5 Å². The van der Waals surface area contributed by atoms with Gasteiger partial charge in [0.1, 0.15) is 5.71 Å². The molecular weight excluding hydrogens is 378 g/mol. The van der Waals surface area contributed by atoms with E-state index in [4.69, 9.17) is 11.6 Å². The second kappa shape index (κ2) is 7.57. The first-order valence-electron chi connectivity index (χ1n) is 8.99. The van der Waals surface area contributed by atoms with Gasteiger partial charge in [-0.1, -0.05) is 11.6 Å². The van der Waals surface area contributed by atoms with Crippen molar-refractivity contribution < 1.29 is 4.79 Å². The number of pyridine rings is 1. The van der Waals surface area contributed by atoms with Crippen LogP contribution in [0.3, 0.4) is 0 Å². The number of halogens is 1. The number of aromatic nitrogens is 3. The number of hydrazine groups is 1. The number of hydrogen-bond donors (Lipinski definition) is 2. The Kier molecular flexibility index (Phi) is 4.97. The molecule has 0 fully saturated rings. The molecule has 0 bridgehead atoms. The third-order valence-corrected chi connectivity index (χ3v) is 4.67. The van der Waals surface area contributed by atoms with Crippen molar-refractivity contribution in [2.24, 2.45) is 4.99 Å². The molecule has 8 nitrogen and oxygen atoms in total. The topological polar surface area (TPSA) is 87.4 Å². The Bertz CT molecular complexity index is 1010. The van der Waals surface area contributed by atoms with Crippen molar-refractivity contribution in [3.05, 3.63) is 64.9 Å². The predicted molar refractivity (Wildman–Crippen MR) is 107 cm³/mol. The second-order valence-corrected chi connectivity index (χ2v) is 7.02. The molecule has 0 aromatic carbocycles. The van der Waals surface area contributed by atoms with Crippen LogP contribution in [-0.2, 0) is 11.3 Å². The number of rotatable bonds is 5. The van der Waals surface area contributed by atoms with Crippen molar-refractivity contribution >= 4 is 23.2 Å². The fraction of sp³-hybridized carbons (Fsp3) is 0.263. The lowest BCUT2D eigenvalue weighted by Gasteiger charge is -2.20. The Balaban J connectivity index is 1.51. The summed E-state index contributed by atoms with van der Waals surface area (Å²) < 4.78 is 1.66. The molecule has 2 aliphatic heterocycles. The van der Waals surface area contributed by atoms with Crippen LogP contribution < -0.4 is 10.7 Å². The summed E-state index contributed by atoms with van der Waals surface area (Å²) in [5, 5.41) is 9.52. The first kappa shape index (κ1) is 18.4. The lowest BCUT2D eigenvalue weighted by molar-refractivity contribution is -0.114. The second-order valence-electron chi connectivity index (χ2n) is 6.58. The lowest BCUT2D eigenvalue weighted by Crippen LogP contribution is -2.39. The van der Waals surface area contributed by atoms with E-state index in [9.17, 15) is 4.79 Å². The van der Waals surface area contributed by atoms with Crippen LogP contribution >= 0.6 is 11.6 Å². The Hall–Kier alpha value is -2.97. The number of amides is 1. The highest BCUT2D eigenvalue weighted by atomic mass is 35.5. The van der Waals surface area contributed by atoms with E-state index in [1.807, 2.05) is 37.3 Å². The molecule has 4 heterocycles. The van der Waals surface area contributed by atoms with Gasteiger partial charge in [-0.3, -0.25) is 9.79 Å². The summed E-state index contributed by atoms with van der Waals surface area (Å²) >= 11 is 5.94. The van der Waals surface area contributed by atoms with Crippen molar-refractivity contribution in [3.63, 3.8) is 0 Å². The zero-order chi connectivity index (χ0) is 19.7. The molecule has 0 spiro atoms. The van der Waals surface area contributed by atoms with Crippen LogP contribution in [0.4, 0.5) is 0 Å². The Morgan fingerprint density at radius 2 is 2.25 bits per heavy atom. The molecule has 1 atom stereocenters. The standard InChI is InChI=1S/C19H20ClN7O/c1-3-21-19(28)17-15-11-26(25-16(15)4-5-22-17)9-13-6-12(2)18(23-7-13)27-10-14(20)8-24-27/h4-8,10-11,16,25H,3,9H2,1-2H3,(H,21,28). The maximum atomic E-state index is 12.2. The van der Waals surface area contributed by atoms with E-state index in [1.54, 1.807) is 23.3 Å². The smallest absolute Gasteiger partial charge is 0.270 e. The minimum atomic E-state index is -0.161. The Morgan fingerprint density at radius 1 is 1.39 bits per heavy atom. The number of hydrogen-bond acceptors (Lipinski definition) is 6. The molecule has 0 radical (unpaired) electrons. The molecule has 144 valence electrons. The molecule has 9 heteroatoms. The third kappa shape index (κ3) is 3.56. The molecule has 1 amide bonds. The van der Waals surface area contributed by atoms with Gasteiger partial charge in [0, 0.05) is 30.7 Å². The van der Waals surface area contributed by atoms with Gasteiger partial charge in [0.25, 0.3) is 5.91 Å². The summed E-state index contributed by atoms with van der Waals surface area (Å²) in [5.74, 6) is 0.581. The lowest BCUT2D eigenvalue weighted by atomic mass is 10.0. The Labute approximate surface area is 167 Å². The molecule has 0 saturated carbocycles. The van der Waals surface area contributed by atoms with Gasteiger partial charge in [-0.05, 0) is 37.1 Å². The van der Waals surface area contributed by atoms with Gasteiger partial charge in [-0.2, -0.15) is 5.10 Å². The quantitative estimate of drug-likeness (QED) is 0.804. The first-order valence-corrected chi connectivity index (χ1v) is 9.36. The van der Waals surface area contributed by atoms with Crippen LogP contribution in [0.1, 0.15) is 18.1 Å². The van der Waals surface area contributed by atoms with Crippen molar-refractivity contribution in [2.75, 3.05) is 6.54 Å². The number of fused-ring (bicyclic) bond motifs is 1. The van der Waals surface area contributed by atoms with Gasteiger partial charge in [-0.15, -0.1) is 0 Å². The van der Waals surface area contributed by atoms with Crippen LogP contribution in [-0.4, -0.2) is 44.0 Å². The van der Waals surface area contributed by atoms with E-state index in [2.05, 4.69) is 31.9 Å². The maximum absolute atomic E-state index is 12.2. The van der Waals surface area contributed by atoms with Crippen LogP contribution in [0.15, 0.2) is 53.7 Å². The van der Waals surface area contributed by atoms with E-state index >= 15 is 0 Å². The summed E-state index contributed by atoms with van der Waals surface area (Å²) in [6.45, 7) is 5.04. The molecule has 4 rings (SSSR count). The highest BCUT2D eigenvalue weighted by molar-refractivity contribution is 6.46. The van der Waals surface area contributed by atoms with Gasteiger partial charge in [0.05, 0.1) is 30.0 Å². The highest BCUT2D eigenvalue weighted by Gasteiger charge is 2.30. The van der Waals surface area contributed by atoms with Crippen LogP contribution in [0, 0.1) is 6.92 Å². The van der Waals surface area contributed by atoms with E-state index in [1.165, 1.54) is 0 Å². The van der Waals surface area contributed by atoms with Crippen LogP contribution in [0.2, 0.25) is 5.02 Å². The zero-order valence-corrected chi connectivity index (χ0v) is 16.3. The minimum Gasteiger partial charge on any atom is -0.351 e. The third-order valence-electron chi connectivity index (χ3n) is 4.47. The summed E-state index contributed by atoms with van der Waals surface area (Å²) in [4.78, 5) is 21.0. The molecule has 2 aliphatic rings. The Morgan fingerprint density at radius 3 is 2.96 bits per heavy atom. The van der Waals surface area contributed by atoms with Crippen LogP contribution in [0.25, 0.3) is 5.82 Å². The molecule has 0 saturated heterocycles. The monoisotopic (exact) mass is 397 g/mol. The maximum Gasteiger partial charge on any atom is 0.270 e. The number of nitrogens with zero attached hydrogens (tertiary/aromatic N) is 5.